The third-order valence-electron chi connectivity index (χ3n) is 8.70. The molecule has 9 heteroatoms. The molecule has 2 saturated heterocycles. The van der Waals surface area contributed by atoms with Crippen molar-refractivity contribution in [1.29, 1.82) is 0 Å². The van der Waals surface area contributed by atoms with Gasteiger partial charge in [0, 0.05) is 41.3 Å². The Morgan fingerprint density at radius 3 is 2.51 bits per heavy atom. The number of hydrogen-bond acceptors (Lipinski definition) is 7. The molecular weight excluding hydrogens is 584 g/mol. The van der Waals surface area contributed by atoms with E-state index in [4.69, 9.17) is 4.74 Å². The highest BCUT2D eigenvalue weighted by Gasteiger charge is 2.36. The summed E-state index contributed by atoms with van der Waals surface area (Å²) < 4.78 is 6.13. The Morgan fingerprint density at radius 2 is 1.78 bits per heavy atom. The summed E-state index contributed by atoms with van der Waals surface area (Å²) in [5.74, 6) is -0.425. The number of carbonyl (C=O) groups is 2. The molecule has 3 heterocycles. The van der Waals surface area contributed by atoms with E-state index in [1.807, 2.05) is 77.9 Å². The summed E-state index contributed by atoms with van der Waals surface area (Å²) in [5.41, 5.74) is 3.94. The predicted molar refractivity (Wildman–Crippen MR) is 175 cm³/mol. The quantitative estimate of drug-likeness (QED) is 0.215. The molecule has 3 aromatic carbocycles. The van der Waals surface area contributed by atoms with Gasteiger partial charge in [0.2, 0.25) is 0 Å². The number of nitrogens with zero attached hydrogens (tertiary/aromatic N) is 2. The molecule has 8 nitrogen and oxygen atoms in total. The van der Waals surface area contributed by atoms with Gasteiger partial charge in [-0.2, -0.15) is 0 Å². The zero-order valence-corrected chi connectivity index (χ0v) is 26.3. The molecule has 3 N–H and O–H groups in total. The van der Waals surface area contributed by atoms with E-state index in [1.54, 1.807) is 35.6 Å². The Kier molecular flexibility index (Phi) is 10.0. The summed E-state index contributed by atoms with van der Waals surface area (Å²) in [7, 11) is 0. The third-order valence-corrected chi connectivity index (χ3v) is 9.76. The van der Waals surface area contributed by atoms with Crippen LogP contribution in [0.25, 0.3) is 0 Å². The number of likely N-dealkylation sites (tertiary alicyclic amines) is 1. The number of carbonyl (C=O) groups excluding carboxylic acids is 2. The summed E-state index contributed by atoms with van der Waals surface area (Å²) in [4.78, 5) is 33.8. The Balaban J connectivity index is 1.14. The number of ether oxygens (including phenoxy) is 1. The first-order valence-corrected chi connectivity index (χ1v) is 16.6. The molecule has 5 atom stereocenters. The van der Waals surface area contributed by atoms with Crippen LogP contribution in [0.5, 0.6) is 0 Å². The van der Waals surface area contributed by atoms with E-state index in [1.165, 1.54) is 0 Å². The molecule has 45 heavy (non-hydrogen) atoms. The predicted octanol–water partition coefficient (Wildman–Crippen LogP) is 5.08. The van der Waals surface area contributed by atoms with Crippen LogP contribution in [-0.2, 0) is 17.8 Å². The van der Waals surface area contributed by atoms with E-state index >= 15 is 0 Å². The van der Waals surface area contributed by atoms with Gasteiger partial charge >= 0.3 is 0 Å². The molecule has 2 unspecified atom stereocenters. The maximum absolute atomic E-state index is 13.7. The molecule has 6 rings (SSSR count). The van der Waals surface area contributed by atoms with Crippen molar-refractivity contribution in [3.63, 3.8) is 0 Å². The third kappa shape index (κ3) is 7.68. The molecule has 0 spiro atoms. The van der Waals surface area contributed by atoms with Gasteiger partial charge in [0.05, 0.1) is 30.9 Å². The minimum Gasteiger partial charge on any atom is -0.389 e. The van der Waals surface area contributed by atoms with E-state index < -0.39 is 12.1 Å². The van der Waals surface area contributed by atoms with Crippen molar-refractivity contribution < 1.29 is 19.4 Å². The largest absolute Gasteiger partial charge is 0.389 e. The van der Waals surface area contributed by atoms with Gasteiger partial charge in [-0.3, -0.25) is 9.59 Å². The van der Waals surface area contributed by atoms with Gasteiger partial charge in [-0.15, -0.1) is 11.3 Å². The molecule has 2 aliphatic heterocycles. The number of aliphatic hydroxyl groups is 1. The lowest BCUT2D eigenvalue weighted by molar-refractivity contribution is 0.0419. The smallest absolute Gasteiger partial charge is 0.254 e. The van der Waals surface area contributed by atoms with E-state index in [-0.39, 0.29) is 30.0 Å². The van der Waals surface area contributed by atoms with Crippen LogP contribution in [0.3, 0.4) is 0 Å². The average Bonchev–Trinajstić information content (AvgIpc) is 3.85. The van der Waals surface area contributed by atoms with Crippen molar-refractivity contribution in [2.75, 3.05) is 13.1 Å². The average molecular weight is 625 g/mol. The fraction of sp³-hybridized carbons (Fsp3) is 0.361. The zero-order chi connectivity index (χ0) is 31.2. The monoisotopic (exact) mass is 624 g/mol. The highest BCUT2D eigenvalue weighted by molar-refractivity contribution is 7.09. The molecule has 2 fully saturated rings. The van der Waals surface area contributed by atoms with Crippen molar-refractivity contribution in [3.05, 3.63) is 123 Å². The number of amides is 2. The van der Waals surface area contributed by atoms with E-state index in [0.29, 0.717) is 43.7 Å². The number of aliphatic hydroxyl groups excluding tert-OH is 1. The summed E-state index contributed by atoms with van der Waals surface area (Å²) in [5, 5.41) is 21.1. The second-order valence-electron chi connectivity index (χ2n) is 12.0. The van der Waals surface area contributed by atoms with Crippen LogP contribution in [0.15, 0.2) is 90.3 Å². The number of rotatable bonds is 11. The number of thiazole rings is 1. The molecule has 2 aliphatic rings. The van der Waals surface area contributed by atoms with Crippen molar-refractivity contribution in [3.8, 4) is 0 Å². The van der Waals surface area contributed by atoms with E-state index in [0.717, 1.165) is 34.7 Å². The van der Waals surface area contributed by atoms with Gasteiger partial charge < -0.3 is 25.4 Å². The molecule has 0 bridgehead atoms. The lowest BCUT2D eigenvalue weighted by atomic mass is 9.94. The maximum atomic E-state index is 13.7. The van der Waals surface area contributed by atoms with Crippen molar-refractivity contribution in [1.82, 2.24) is 20.5 Å². The van der Waals surface area contributed by atoms with Gasteiger partial charge in [0.25, 0.3) is 11.8 Å². The van der Waals surface area contributed by atoms with Gasteiger partial charge in [-0.25, -0.2) is 4.98 Å². The Morgan fingerprint density at radius 1 is 1.04 bits per heavy atom. The summed E-state index contributed by atoms with van der Waals surface area (Å²) in [6.07, 6.45) is 2.00. The van der Waals surface area contributed by atoms with Crippen molar-refractivity contribution >= 4 is 23.2 Å². The molecule has 2 amide bonds. The standard InChI is InChI=1S/C36H40N4O4S/c1-24-23-45-35(38-24)32-16-9-17-40(32)36(43)28-15-8-14-27(19-28)34(42)39-31(18-25-10-4-2-5-11-25)33(41)30-20-29(21-37-30)44-22-26-12-6-3-7-13-26/h2-8,10-15,19,23,29-33,37,41H,9,16-18,20-22H2,1H3,(H,39,42)/t29-,30?,31?,32+,33-/m1/s1. The van der Waals surface area contributed by atoms with E-state index in [2.05, 4.69) is 15.6 Å². The molecule has 0 radical (unpaired) electrons. The Bertz CT molecular complexity index is 1580. The van der Waals surface area contributed by atoms with Crippen LogP contribution in [0.4, 0.5) is 0 Å². The zero-order valence-electron chi connectivity index (χ0n) is 25.5. The number of aryl methyl sites for hydroxylation is 1. The summed E-state index contributed by atoms with van der Waals surface area (Å²) >= 11 is 1.59. The van der Waals surface area contributed by atoms with Crippen molar-refractivity contribution in [2.45, 2.75) is 69.5 Å². The Labute approximate surface area is 268 Å². The number of nitrogens with one attached hydrogen (secondary N) is 2. The molecule has 4 aromatic rings. The number of aromatic nitrogens is 1. The lowest BCUT2D eigenvalue weighted by Gasteiger charge is -2.29. The highest BCUT2D eigenvalue weighted by Crippen LogP contribution is 2.35. The summed E-state index contributed by atoms with van der Waals surface area (Å²) in [6, 6.07) is 25.9. The van der Waals surface area contributed by atoms with Gasteiger partial charge in [-0.05, 0) is 61.9 Å². The summed E-state index contributed by atoms with van der Waals surface area (Å²) in [6.45, 7) is 3.76. The van der Waals surface area contributed by atoms with Gasteiger partial charge in [0.15, 0.2) is 0 Å². The maximum Gasteiger partial charge on any atom is 0.254 e. The Hall–Kier alpha value is -3.89. The topological polar surface area (TPSA) is 104 Å². The minimum absolute atomic E-state index is 0.0386. The minimum atomic E-state index is -0.851. The second-order valence-corrected chi connectivity index (χ2v) is 12.9. The van der Waals surface area contributed by atoms with Crippen LogP contribution in [0, 0.1) is 6.92 Å². The molecular formula is C36H40N4O4S. The van der Waals surface area contributed by atoms with Crippen molar-refractivity contribution in [2.24, 2.45) is 0 Å². The second kappa shape index (κ2) is 14.5. The van der Waals surface area contributed by atoms with Crippen LogP contribution in [0.1, 0.15) is 67.8 Å². The number of benzene rings is 3. The van der Waals surface area contributed by atoms with Crippen LogP contribution < -0.4 is 10.6 Å². The van der Waals surface area contributed by atoms with Crippen LogP contribution in [-0.4, -0.2) is 64.2 Å². The molecule has 1 aromatic heterocycles. The van der Waals surface area contributed by atoms with E-state index in [9.17, 15) is 14.7 Å². The fourth-order valence-electron chi connectivity index (χ4n) is 6.32. The normalized spacial score (nSPS) is 21.0. The fourth-order valence-corrected chi connectivity index (χ4v) is 7.26. The highest BCUT2D eigenvalue weighted by atomic mass is 32.1. The first kappa shape index (κ1) is 31.1. The SMILES string of the molecule is Cc1csc([C@@H]2CCCN2C(=O)c2cccc(C(=O)NC(Cc3ccccc3)[C@H](O)C3C[C@@H](OCc4ccccc4)CN3)c2)n1. The first-order chi connectivity index (χ1) is 21.9. The number of hydrogen-bond donors (Lipinski definition) is 3. The van der Waals surface area contributed by atoms with Gasteiger partial charge in [-0.1, -0.05) is 66.7 Å². The molecule has 234 valence electrons. The molecule has 0 aliphatic carbocycles. The first-order valence-electron chi connectivity index (χ1n) is 15.7. The lowest BCUT2D eigenvalue weighted by Crippen LogP contribution is -2.52. The molecule has 0 saturated carbocycles. The van der Waals surface area contributed by atoms with Gasteiger partial charge in [0.1, 0.15) is 5.01 Å². The van der Waals surface area contributed by atoms with Crippen LogP contribution in [0.2, 0.25) is 0 Å². The van der Waals surface area contributed by atoms with Crippen LogP contribution >= 0.6 is 11.3 Å².